The highest BCUT2D eigenvalue weighted by molar-refractivity contribution is 5.10. The van der Waals surface area contributed by atoms with E-state index in [0.717, 1.165) is 12.0 Å². The van der Waals surface area contributed by atoms with Crippen LogP contribution in [0, 0.1) is 5.92 Å². The molecule has 1 aromatic heterocycles. The lowest BCUT2D eigenvalue weighted by molar-refractivity contribution is 0.176. The molecule has 1 unspecified atom stereocenters. The van der Waals surface area contributed by atoms with Gasteiger partial charge in [-0.1, -0.05) is 13.0 Å². The highest BCUT2D eigenvalue weighted by Gasteiger charge is 2.30. The fourth-order valence-corrected chi connectivity index (χ4v) is 3.65. The fraction of sp³-hybridized carbons (Fsp3) is 0.688. The van der Waals surface area contributed by atoms with Crippen molar-refractivity contribution in [1.82, 2.24) is 9.88 Å². The minimum Gasteiger partial charge on any atom is -0.300 e. The van der Waals surface area contributed by atoms with Crippen LogP contribution < -0.4 is 0 Å². The highest BCUT2D eigenvalue weighted by atomic mass is 15.2. The third-order valence-electron chi connectivity index (χ3n) is 4.77. The summed E-state index contributed by atoms with van der Waals surface area (Å²) in [5.41, 5.74) is 1.31. The number of pyridine rings is 1. The van der Waals surface area contributed by atoms with Gasteiger partial charge in [0.25, 0.3) is 0 Å². The van der Waals surface area contributed by atoms with E-state index in [1.807, 2.05) is 12.3 Å². The Morgan fingerprint density at radius 3 is 2.56 bits per heavy atom. The van der Waals surface area contributed by atoms with Crippen molar-refractivity contribution in [1.29, 1.82) is 0 Å². The van der Waals surface area contributed by atoms with Crippen LogP contribution in [0.5, 0.6) is 0 Å². The number of hydrogen-bond acceptors (Lipinski definition) is 2. The lowest BCUT2D eigenvalue weighted by Crippen LogP contribution is -2.36. The van der Waals surface area contributed by atoms with E-state index in [2.05, 4.69) is 28.9 Å². The molecule has 18 heavy (non-hydrogen) atoms. The predicted molar refractivity (Wildman–Crippen MR) is 74.6 cm³/mol. The van der Waals surface area contributed by atoms with Gasteiger partial charge in [-0.25, -0.2) is 0 Å². The van der Waals surface area contributed by atoms with Crippen LogP contribution in [0.2, 0.25) is 0 Å². The van der Waals surface area contributed by atoms with Gasteiger partial charge in [-0.15, -0.1) is 0 Å². The second kappa shape index (κ2) is 5.40. The molecule has 1 aliphatic heterocycles. The quantitative estimate of drug-likeness (QED) is 0.792. The van der Waals surface area contributed by atoms with Crippen molar-refractivity contribution in [3.05, 3.63) is 30.1 Å². The zero-order valence-electron chi connectivity index (χ0n) is 11.4. The molecule has 2 heteroatoms. The number of likely N-dealkylation sites (tertiary alicyclic amines) is 1. The van der Waals surface area contributed by atoms with E-state index in [4.69, 9.17) is 0 Å². The van der Waals surface area contributed by atoms with Crippen LogP contribution in [-0.2, 0) is 0 Å². The molecular formula is C16H24N2. The first-order chi connectivity index (χ1) is 8.83. The SMILES string of the molecule is CC1CCN(C2CCC(c3ccccn3)CC2)C1. The van der Waals surface area contributed by atoms with E-state index < -0.39 is 0 Å². The average molecular weight is 244 g/mol. The molecule has 2 fully saturated rings. The molecule has 2 nitrogen and oxygen atoms in total. The molecule has 2 aliphatic rings. The minimum absolute atomic E-state index is 0.711. The Hall–Kier alpha value is -0.890. The molecule has 0 bridgehead atoms. The van der Waals surface area contributed by atoms with Gasteiger partial charge in [-0.3, -0.25) is 4.98 Å². The van der Waals surface area contributed by atoms with Gasteiger partial charge in [0.05, 0.1) is 0 Å². The van der Waals surface area contributed by atoms with Gasteiger partial charge < -0.3 is 4.90 Å². The van der Waals surface area contributed by atoms with Gasteiger partial charge in [0.2, 0.25) is 0 Å². The van der Waals surface area contributed by atoms with Gasteiger partial charge >= 0.3 is 0 Å². The molecule has 1 saturated heterocycles. The maximum Gasteiger partial charge on any atom is 0.0434 e. The Bertz CT molecular complexity index is 368. The monoisotopic (exact) mass is 244 g/mol. The van der Waals surface area contributed by atoms with E-state index >= 15 is 0 Å². The summed E-state index contributed by atoms with van der Waals surface area (Å²) >= 11 is 0. The molecule has 1 aromatic rings. The Balaban J connectivity index is 1.55. The molecule has 0 spiro atoms. The first-order valence-electron chi connectivity index (χ1n) is 7.48. The number of aromatic nitrogens is 1. The Kier molecular flexibility index (Phi) is 3.64. The molecule has 0 N–H and O–H groups in total. The van der Waals surface area contributed by atoms with Crippen LogP contribution in [0.1, 0.15) is 50.6 Å². The van der Waals surface area contributed by atoms with Crippen LogP contribution in [0.4, 0.5) is 0 Å². The first-order valence-corrected chi connectivity index (χ1v) is 7.48. The van der Waals surface area contributed by atoms with E-state index in [0.29, 0.717) is 5.92 Å². The summed E-state index contributed by atoms with van der Waals surface area (Å²) in [5, 5.41) is 0. The van der Waals surface area contributed by atoms with Crippen molar-refractivity contribution >= 4 is 0 Å². The Morgan fingerprint density at radius 1 is 1.11 bits per heavy atom. The van der Waals surface area contributed by atoms with Crippen LogP contribution in [0.15, 0.2) is 24.4 Å². The second-order valence-corrected chi connectivity index (χ2v) is 6.15. The van der Waals surface area contributed by atoms with Crippen molar-refractivity contribution in [3.8, 4) is 0 Å². The standard InChI is InChI=1S/C16H24N2/c1-13-9-11-18(12-13)15-7-5-14(6-8-15)16-4-2-3-10-17-16/h2-4,10,13-15H,5-9,11-12H2,1H3. The van der Waals surface area contributed by atoms with E-state index in [9.17, 15) is 0 Å². The van der Waals surface area contributed by atoms with Gasteiger partial charge in [-0.05, 0) is 56.7 Å². The molecule has 3 rings (SSSR count). The predicted octanol–water partition coefficient (Wildman–Crippen LogP) is 3.45. The van der Waals surface area contributed by atoms with Crippen LogP contribution in [0.3, 0.4) is 0 Å². The molecule has 1 atom stereocenters. The lowest BCUT2D eigenvalue weighted by Gasteiger charge is -2.34. The number of hydrogen-bond donors (Lipinski definition) is 0. The fourth-order valence-electron chi connectivity index (χ4n) is 3.65. The van der Waals surface area contributed by atoms with Gasteiger partial charge in [0.15, 0.2) is 0 Å². The summed E-state index contributed by atoms with van der Waals surface area (Å²) in [6, 6.07) is 7.19. The van der Waals surface area contributed by atoms with Gasteiger partial charge in [0, 0.05) is 30.4 Å². The van der Waals surface area contributed by atoms with Crippen molar-refractivity contribution < 1.29 is 0 Å². The van der Waals surface area contributed by atoms with Crippen molar-refractivity contribution in [2.24, 2.45) is 5.92 Å². The molecule has 0 radical (unpaired) electrons. The maximum absolute atomic E-state index is 4.52. The molecule has 1 aliphatic carbocycles. The molecule has 98 valence electrons. The van der Waals surface area contributed by atoms with Gasteiger partial charge in [0.1, 0.15) is 0 Å². The summed E-state index contributed by atoms with van der Waals surface area (Å²) < 4.78 is 0. The normalized spacial score (nSPS) is 33.7. The Labute approximate surface area is 110 Å². The van der Waals surface area contributed by atoms with Crippen LogP contribution in [-0.4, -0.2) is 29.0 Å². The number of rotatable bonds is 2. The summed E-state index contributed by atoms with van der Waals surface area (Å²) in [6.07, 6.45) is 8.73. The third kappa shape index (κ3) is 2.59. The van der Waals surface area contributed by atoms with Crippen molar-refractivity contribution in [3.63, 3.8) is 0 Å². The smallest absolute Gasteiger partial charge is 0.0434 e. The van der Waals surface area contributed by atoms with Gasteiger partial charge in [-0.2, -0.15) is 0 Å². The molecule has 0 aromatic carbocycles. The summed E-state index contributed by atoms with van der Waals surface area (Å²) in [7, 11) is 0. The second-order valence-electron chi connectivity index (χ2n) is 6.15. The van der Waals surface area contributed by atoms with Crippen LogP contribution >= 0.6 is 0 Å². The van der Waals surface area contributed by atoms with Crippen molar-refractivity contribution in [2.45, 2.75) is 51.0 Å². The van der Waals surface area contributed by atoms with E-state index in [1.54, 1.807) is 0 Å². The summed E-state index contributed by atoms with van der Waals surface area (Å²) in [5.74, 6) is 1.63. The average Bonchev–Trinajstić information content (AvgIpc) is 2.87. The topological polar surface area (TPSA) is 16.1 Å². The van der Waals surface area contributed by atoms with E-state index in [-0.39, 0.29) is 0 Å². The minimum atomic E-state index is 0.711. The van der Waals surface area contributed by atoms with Crippen molar-refractivity contribution in [2.75, 3.05) is 13.1 Å². The van der Waals surface area contributed by atoms with Crippen LogP contribution in [0.25, 0.3) is 0 Å². The largest absolute Gasteiger partial charge is 0.300 e. The summed E-state index contributed by atoms with van der Waals surface area (Å²) in [4.78, 5) is 7.26. The van der Waals surface area contributed by atoms with E-state index in [1.165, 1.54) is 50.9 Å². The zero-order chi connectivity index (χ0) is 12.4. The number of nitrogens with zero attached hydrogens (tertiary/aromatic N) is 2. The molecular weight excluding hydrogens is 220 g/mol. The molecule has 1 saturated carbocycles. The third-order valence-corrected chi connectivity index (χ3v) is 4.77. The molecule has 2 heterocycles. The highest BCUT2D eigenvalue weighted by Crippen LogP contribution is 2.35. The maximum atomic E-state index is 4.52. The Morgan fingerprint density at radius 2 is 1.94 bits per heavy atom. The summed E-state index contributed by atoms with van der Waals surface area (Å²) in [6.45, 7) is 5.05. The molecule has 0 amide bonds. The lowest BCUT2D eigenvalue weighted by atomic mass is 9.83. The first kappa shape index (κ1) is 12.2. The zero-order valence-corrected chi connectivity index (χ0v) is 11.4.